The first-order chi connectivity index (χ1) is 9.03. The molecule has 2 nitrogen and oxygen atoms in total. The van der Waals surface area contributed by atoms with Crippen LogP contribution in [0.1, 0.15) is 0 Å². The van der Waals surface area contributed by atoms with Crippen LogP contribution in [0.2, 0.25) is 0 Å². The van der Waals surface area contributed by atoms with Crippen molar-refractivity contribution < 1.29 is 5.11 Å². The predicted octanol–water partition coefficient (Wildman–Crippen LogP) is 4.06. The number of phenolic OH excluding ortho intramolecular Hbond substituents is 1. The molecular weight excluding hydrogens is 313 g/mol. The van der Waals surface area contributed by atoms with Gasteiger partial charge in [-0.05, 0) is 54.8 Å². The molecule has 100 valence electrons. The lowest BCUT2D eigenvalue weighted by molar-refractivity contribution is 0.475. The van der Waals surface area contributed by atoms with Crippen LogP contribution in [0.15, 0.2) is 53.4 Å². The van der Waals surface area contributed by atoms with Crippen LogP contribution in [-0.2, 0) is 11.8 Å². The van der Waals surface area contributed by atoms with Gasteiger partial charge in [-0.15, -0.1) is 11.4 Å². The Hall–Kier alpha value is -0.610. The van der Waals surface area contributed by atoms with Gasteiger partial charge in [-0.1, -0.05) is 23.2 Å². The highest BCUT2D eigenvalue weighted by atomic mass is 33.2. The second kappa shape index (κ2) is 6.23. The first-order valence-electron chi connectivity index (χ1n) is 5.54. The highest BCUT2D eigenvalue weighted by Crippen LogP contribution is 2.69. The molecule has 2 rings (SSSR count). The molecule has 2 aromatic rings. The molecule has 0 aliphatic heterocycles. The van der Waals surface area contributed by atoms with E-state index in [1.165, 1.54) is 0 Å². The molecular formula is C13H14NOPS3. The zero-order chi connectivity index (χ0) is 13.9. The first kappa shape index (κ1) is 14.8. The second-order valence-corrected chi connectivity index (χ2v) is 15.0. The summed E-state index contributed by atoms with van der Waals surface area (Å²) in [6.45, 7) is 0. The van der Waals surface area contributed by atoms with Crippen molar-refractivity contribution in [3.05, 3.63) is 48.5 Å². The molecule has 1 atom stereocenters. The van der Waals surface area contributed by atoms with Crippen molar-refractivity contribution in [3.63, 3.8) is 0 Å². The SMILES string of the molecule is CSP(=S)(Sc1ccc(N)cc1)c1ccc(O)cc1. The maximum atomic E-state index is 9.37. The number of aromatic hydroxyl groups is 1. The number of anilines is 1. The van der Waals surface area contributed by atoms with Crippen molar-refractivity contribution >= 4 is 50.0 Å². The van der Waals surface area contributed by atoms with Crippen molar-refractivity contribution in [2.45, 2.75) is 4.90 Å². The van der Waals surface area contributed by atoms with E-state index in [1.807, 2.05) is 42.7 Å². The van der Waals surface area contributed by atoms with E-state index < -0.39 is 4.44 Å². The molecule has 0 saturated heterocycles. The lowest BCUT2D eigenvalue weighted by Gasteiger charge is -2.19. The Bertz CT molecular complexity index is 598. The fourth-order valence-corrected chi connectivity index (χ4v) is 8.62. The fourth-order valence-electron chi connectivity index (χ4n) is 1.50. The zero-order valence-electron chi connectivity index (χ0n) is 10.3. The Morgan fingerprint density at radius 3 is 2.16 bits per heavy atom. The van der Waals surface area contributed by atoms with E-state index in [2.05, 4.69) is 0 Å². The average Bonchev–Trinajstić information content (AvgIpc) is 2.42. The van der Waals surface area contributed by atoms with Gasteiger partial charge >= 0.3 is 0 Å². The van der Waals surface area contributed by atoms with E-state index in [4.69, 9.17) is 17.5 Å². The summed E-state index contributed by atoms with van der Waals surface area (Å²) in [5.74, 6) is 0.267. The van der Waals surface area contributed by atoms with Gasteiger partial charge in [0, 0.05) is 15.9 Å². The van der Waals surface area contributed by atoms with Gasteiger partial charge < -0.3 is 10.8 Å². The van der Waals surface area contributed by atoms with Crippen LogP contribution in [0.3, 0.4) is 0 Å². The molecule has 0 aromatic heterocycles. The summed E-state index contributed by atoms with van der Waals surface area (Å²) in [5, 5.41) is 10.5. The zero-order valence-corrected chi connectivity index (χ0v) is 13.7. The van der Waals surface area contributed by atoms with Gasteiger partial charge in [-0.25, -0.2) is 0 Å². The second-order valence-electron chi connectivity index (χ2n) is 3.86. The summed E-state index contributed by atoms with van der Waals surface area (Å²) in [5.41, 5.74) is 6.45. The summed E-state index contributed by atoms with van der Waals surface area (Å²) < 4.78 is -1.79. The van der Waals surface area contributed by atoms with E-state index in [0.717, 1.165) is 15.9 Å². The van der Waals surface area contributed by atoms with Crippen LogP contribution >= 0.6 is 27.2 Å². The number of nitrogen functional groups attached to an aromatic ring is 1. The molecule has 0 bridgehead atoms. The molecule has 0 saturated carbocycles. The van der Waals surface area contributed by atoms with Crippen molar-refractivity contribution in [2.24, 2.45) is 0 Å². The molecule has 0 heterocycles. The molecule has 6 heteroatoms. The molecule has 19 heavy (non-hydrogen) atoms. The molecule has 0 fully saturated rings. The van der Waals surface area contributed by atoms with Gasteiger partial charge in [0.15, 0.2) is 0 Å². The summed E-state index contributed by atoms with van der Waals surface area (Å²) in [7, 11) is 0. The van der Waals surface area contributed by atoms with E-state index >= 15 is 0 Å². The smallest absolute Gasteiger partial charge is 0.115 e. The van der Waals surface area contributed by atoms with E-state index in [0.29, 0.717) is 0 Å². The standard InChI is InChI=1S/C13H14NOPS3/c1-18-16(17,12-6-4-11(15)5-7-12)19-13-8-2-10(14)3-9-13/h2-9,15H,14H2,1H3. The molecule has 2 aromatic carbocycles. The average molecular weight is 327 g/mol. The molecule has 3 N–H and O–H groups in total. The Labute approximate surface area is 126 Å². The molecule has 0 radical (unpaired) electrons. The van der Waals surface area contributed by atoms with Gasteiger partial charge in [0.1, 0.15) is 5.75 Å². The molecule has 0 spiro atoms. The lowest BCUT2D eigenvalue weighted by atomic mass is 10.3. The third-order valence-corrected chi connectivity index (χ3v) is 13.4. The number of benzene rings is 2. The van der Waals surface area contributed by atoms with Crippen molar-refractivity contribution in [3.8, 4) is 5.75 Å². The maximum absolute atomic E-state index is 9.37. The maximum Gasteiger partial charge on any atom is 0.115 e. The number of hydrogen-bond donors (Lipinski definition) is 2. The molecule has 0 aliphatic carbocycles. The van der Waals surface area contributed by atoms with Crippen LogP contribution < -0.4 is 11.0 Å². The van der Waals surface area contributed by atoms with Crippen LogP contribution in [-0.4, -0.2) is 11.4 Å². The Morgan fingerprint density at radius 1 is 1.05 bits per heavy atom. The van der Waals surface area contributed by atoms with Gasteiger partial charge in [0.05, 0.1) is 4.44 Å². The summed E-state index contributed by atoms with van der Waals surface area (Å²) in [6.07, 6.45) is 2.04. The Morgan fingerprint density at radius 2 is 1.63 bits per heavy atom. The highest BCUT2D eigenvalue weighted by Gasteiger charge is 2.20. The first-order valence-corrected chi connectivity index (χ1v) is 11.6. The predicted molar refractivity (Wildman–Crippen MR) is 92.3 cm³/mol. The minimum atomic E-state index is -1.79. The van der Waals surface area contributed by atoms with E-state index in [9.17, 15) is 5.11 Å². The number of phenols is 1. The van der Waals surface area contributed by atoms with Gasteiger partial charge in [0.25, 0.3) is 0 Å². The summed E-state index contributed by atoms with van der Waals surface area (Å²) >= 11 is 9.27. The van der Waals surface area contributed by atoms with Crippen molar-refractivity contribution in [1.82, 2.24) is 0 Å². The number of nitrogens with two attached hydrogens (primary N) is 1. The number of rotatable bonds is 4. The largest absolute Gasteiger partial charge is 0.508 e. The molecule has 0 aliphatic rings. The van der Waals surface area contributed by atoms with Crippen LogP contribution in [0, 0.1) is 0 Å². The normalized spacial score (nSPS) is 13.9. The van der Waals surface area contributed by atoms with E-state index in [1.54, 1.807) is 34.9 Å². The van der Waals surface area contributed by atoms with Crippen LogP contribution in [0.4, 0.5) is 5.69 Å². The third kappa shape index (κ3) is 3.69. The minimum Gasteiger partial charge on any atom is -0.508 e. The lowest BCUT2D eigenvalue weighted by Crippen LogP contribution is -1.98. The van der Waals surface area contributed by atoms with Crippen LogP contribution in [0.25, 0.3) is 0 Å². The monoisotopic (exact) mass is 327 g/mol. The Kier molecular flexibility index (Phi) is 4.85. The third-order valence-electron chi connectivity index (χ3n) is 2.51. The topological polar surface area (TPSA) is 46.2 Å². The Balaban J connectivity index is 2.30. The fraction of sp³-hybridized carbons (Fsp3) is 0.0769. The minimum absolute atomic E-state index is 0.267. The van der Waals surface area contributed by atoms with Gasteiger partial charge in [-0.3, -0.25) is 0 Å². The van der Waals surface area contributed by atoms with E-state index in [-0.39, 0.29) is 5.75 Å². The molecule has 1 unspecified atom stereocenters. The summed E-state index contributed by atoms with van der Waals surface area (Å²) in [4.78, 5) is 1.12. The van der Waals surface area contributed by atoms with Crippen molar-refractivity contribution in [2.75, 3.05) is 12.0 Å². The highest BCUT2D eigenvalue weighted by molar-refractivity contribution is 9.02. The quantitative estimate of drug-likeness (QED) is 0.655. The van der Waals surface area contributed by atoms with Gasteiger partial charge in [0.2, 0.25) is 0 Å². The van der Waals surface area contributed by atoms with Gasteiger partial charge in [-0.2, -0.15) is 0 Å². The van der Waals surface area contributed by atoms with Crippen LogP contribution in [0.5, 0.6) is 5.75 Å². The summed E-state index contributed by atoms with van der Waals surface area (Å²) in [6, 6.07) is 15.0. The van der Waals surface area contributed by atoms with Crippen molar-refractivity contribution in [1.29, 1.82) is 0 Å². The number of hydrogen-bond acceptors (Lipinski definition) is 5. The molecule has 0 amide bonds.